The lowest BCUT2D eigenvalue weighted by Gasteiger charge is -2.03. The van der Waals surface area contributed by atoms with E-state index in [4.69, 9.17) is 15.8 Å². The molecule has 0 spiro atoms. The third-order valence-electron chi connectivity index (χ3n) is 1.51. The normalized spacial score (nSPS) is 12.0. The summed E-state index contributed by atoms with van der Waals surface area (Å²) in [5.41, 5.74) is -2.59. The Morgan fingerprint density at radius 3 is 2.33 bits per heavy atom. The van der Waals surface area contributed by atoms with Gasteiger partial charge in [0, 0.05) is 16.7 Å². The molecule has 1 rings (SSSR count). The number of alkyl halides is 2. The van der Waals surface area contributed by atoms with Crippen molar-refractivity contribution in [3.8, 4) is 5.75 Å². The Balaban J connectivity index is 3.53. The first-order valence-electron chi connectivity index (χ1n) is 3.42. The number of hydrogen-bond donors (Lipinski definition) is 2. The van der Waals surface area contributed by atoms with Crippen molar-refractivity contribution in [2.75, 3.05) is 0 Å². The molecule has 0 atom stereocenters. The predicted octanol–water partition coefficient (Wildman–Crippen LogP) is 0.946. The molecule has 1 heterocycles. The second-order valence-electron chi connectivity index (χ2n) is 2.50. The van der Waals surface area contributed by atoms with E-state index in [0.717, 1.165) is 0 Å². The fraction of sp³-hybridized carbons (Fsp3) is 0.167. The van der Waals surface area contributed by atoms with Crippen molar-refractivity contribution in [2.45, 2.75) is 11.5 Å². The summed E-state index contributed by atoms with van der Waals surface area (Å²) in [6.45, 7) is 0. The summed E-state index contributed by atoms with van der Waals surface area (Å²) in [6, 6.07) is 0.450. The molecule has 1 aromatic rings. The van der Waals surface area contributed by atoms with Gasteiger partial charge in [-0.05, 0) is 0 Å². The second kappa shape index (κ2) is 3.78. The molecule has 0 unspecified atom stereocenters. The number of hydrogen-bond acceptors (Lipinski definition) is 4. The first kappa shape index (κ1) is 11.9. The van der Waals surface area contributed by atoms with Gasteiger partial charge in [0.15, 0.2) is 5.03 Å². The second-order valence-corrected chi connectivity index (χ2v) is 5.03. The summed E-state index contributed by atoms with van der Waals surface area (Å²) in [5, 5.41) is 8.15. The molecule has 0 aromatic carbocycles. The Morgan fingerprint density at radius 1 is 1.47 bits per heavy atom. The van der Waals surface area contributed by atoms with Crippen LogP contribution in [0.3, 0.4) is 0 Å². The highest BCUT2D eigenvalue weighted by molar-refractivity contribution is 8.13. The van der Waals surface area contributed by atoms with Crippen LogP contribution >= 0.6 is 10.7 Å². The van der Waals surface area contributed by atoms with E-state index in [9.17, 15) is 22.0 Å². The van der Waals surface area contributed by atoms with E-state index in [2.05, 4.69) is 0 Å². The molecular weight excluding hydrogens is 256 g/mol. The summed E-state index contributed by atoms with van der Waals surface area (Å²) < 4.78 is 45.7. The molecule has 0 fully saturated rings. The average Bonchev–Trinajstić information content (AvgIpc) is 1.99. The predicted molar refractivity (Wildman–Crippen MR) is 46.7 cm³/mol. The molecule has 0 bridgehead atoms. The lowest BCUT2D eigenvalue weighted by molar-refractivity contribution is 0.145. The van der Waals surface area contributed by atoms with Crippen molar-refractivity contribution in [1.82, 2.24) is 4.98 Å². The topological polar surface area (TPSA) is 87.2 Å². The third-order valence-corrected chi connectivity index (χ3v) is 2.75. The zero-order valence-electron chi connectivity index (χ0n) is 6.87. The molecule has 84 valence electrons. The van der Waals surface area contributed by atoms with Gasteiger partial charge in [0.05, 0.1) is 0 Å². The number of halogens is 3. The van der Waals surface area contributed by atoms with Crippen LogP contribution in [0.1, 0.15) is 12.0 Å². The number of nitrogens with one attached hydrogen (secondary N) is 1. The van der Waals surface area contributed by atoms with Gasteiger partial charge in [-0.15, -0.1) is 0 Å². The van der Waals surface area contributed by atoms with Gasteiger partial charge in [-0.1, -0.05) is 0 Å². The Hall–Kier alpha value is -1.15. The summed E-state index contributed by atoms with van der Waals surface area (Å²) in [5.74, 6) is -1.12. The average molecular weight is 260 g/mol. The third kappa shape index (κ3) is 2.45. The molecule has 15 heavy (non-hydrogen) atoms. The molecule has 0 radical (unpaired) electrons. The lowest BCUT2D eigenvalue weighted by atomic mass is 10.2. The van der Waals surface area contributed by atoms with Crippen LogP contribution in [0, 0.1) is 0 Å². The van der Waals surface area contributed by atoms with Crippen LogP contribution in [0.4, 0.5) is 8.78 Å². The Bertz CT molecular complexity index is 539. The lowest BCUT2D eigenvalue weighted by Crippen LogP contribution is -2.16. The van der Waals surface area contributed by atoms with Crippen LogP contribution in [0.15, 0.2) is 15.9 Å². The SMILES string of the molecule is O=c1[nH]c(S(=O)(=O)Cl)cc(O)c1C(F)F. The summed E-state index contributed by atoms with van der Waals surface area (Å²) >= 11 is 0. The fourth-order valence-electron chi connectivity index (χ4n) is 0.876. The maximum absolute atomic E-state index is 12.2. The molecule has 0 saturated heterocycles. The van der Waals surface area contributed by atoms with Gasteiger partial charge < -0.3 is 10.1 Å². The zero-order valence-corrected chi connectivity index (χ0v) is 8.44. The summed E-state index contributed by atoms with van der Waals surface area (Å²) in [4.78, 5) is 12.6. The number of pyridine rings is 1. The summed E-state index contributed by atoms with van der Waals surface area (Å²) in [7, 11) is 0.559. The molecule has 1 aromatic heterocycles. The number of H-pyrrole nitrogens is 1. The van der Waals surface area contributed by atoms with E-state index in [-0.39, 0.29) is 0 Å². The maximum Gasteiger partial charge on any atom is 0.276 e. The molecule has 5 nitrogen and oxygen atoms in total. The molecule has 0 aliphatic heterocycles. The molecule has 0 amide bonds. The van der Waals surface area contributed by atoms with Gasteiger partial charge in [0.1, 0.15) is 11.3 Å². The molecule has 0 aliphatic carbocycles. The number of aromatic amines is 1. The quantitative estimate of drug-likeness (QED) is 0.774. The molecule has 0 aliphatic rings. The first-order valence-corrected chi connectivity index (χ1v) is 5.73. The van der Waals surface area contributed by atoms with Gasteiger partial charge in [-0.2, -0.15) is 0 Å². The first-order chi connectivity index (χ1) is 6.73. The Kier molecular flexibility index (Phi) is 3.00. The zero-order chi connectivity index (χ0) is 11.8. The minimum atomic E-state index is -4.28. The van der Waals surface area contributed by atoms with E-state index >= 15 is 0 Å². The highest BCUT2D eigenvalue weighted by Crippen LogP contribution is 2.26. The van der Waals surface area contributed by atoms with Crippen LogP contribution in [-0.2, 0) is 9.05 Å². The van der Waals surface area contributed by atoms with E-state index < -0.39 is 37.4 Å². The molecule has 0 saturated carbocycles. The Labute approximate surface area is 86.7 Å². The highest BCUT2D eigenvalue weighted by atomic mass is 35.7. The van der Waals surface area contributed by atoms with Crippen LogP contribution < -0.4 is 5.56 Å². The van der Waals surface area contributed by atoms with Gasteiger partial charge >= 0.3 is 0 Å². The van der Waals surface area contributed by atoms with Crippen LogP contribution in [0.2, 0.25) is 0 Å². The molecule has 2 N–H and O–H groups in total. The van der Waals surface area contributed by atoms with Crippen molar-refractivity contribution in [3.05, 3.63) is 22.0 Å². The van der Waals surface area contributed by atoms with Gasteiger partial charge in [0.25, 0.3) is 21.0 Å². The monoisotopic (exact) mass is 259 g/mol. The standard InChI is InChI=1S/C6H4ClF2NO4S/c7-15(13,14)3-1-2(11)4(5(8)9)6(12)10-3/h1,5H,(H2,10,11,12). The minimum absolute atomic E-state index is 0.450. The van der Waals surface area contributed by atoms with Crippen molar-refractivity contribution in [1.29, 1.82) is 0 Å². The maximum atomic E-state index is 12.2. The summed E-state index contributed by atoms with van der Waals surface area (Å²) in [6.07, 6.45) is -3.21. The molecular formula is C6H4ClF2NO4S. The smallest absolute Gasteiger partial charge is 0.276 e. The van der Waals surface area contributed by atoms with Crippen molar-refractivity contribution < 1.29 is 22.3 Å². The number of aromatic nitrogens is 1. The van der Waals surface area contributed by atoms with Crippen molar-refractivity contribution in [2.24, 2.45) is 0 Å². The van der Waals surface area contributed by atoms with E-state index in [0.29, 0.717) is 6.07 Å². The number of aromatic hydroxyl groups is 1. The van der Waals surface area contributed by atoms with E-state index in [1.165, 1.54) is 0 Å². The fourth-order valence-corrected chi connectivity index (χ4v) is 1.59. The minimum Gasteiger partial charge on any atom is -0.507 e. The molecule has 9 heteroatoms. The van der Waals surface area contributed by atoms with Gasteiger partial charge in [0.2, 0.25) is 0 Å². The van der Waals surface area contributed by atoms with Crippen molar-refractivity contribution >= 4 is 19.7 Å². The van der Waals surface area contributed by atoms with E-state index in [1.54, 1.807) is 4.98 Å². The van der Waals surface area contributed by atoms with E-state index in [1.807, 2.05) is 0 Å². The Morgan fingerprint density at radius 2 is 2.00 bits per heavy atom. The highest BCUT2D eigenvalue weighted by Gasteiger charge is 2.21. The number of rotatable bonds is 2. The van der Waals surface area contributed by atoms with Gasteiger partial charge in [-0.25, -0.2) is 17.2 Å². The largest absolute Gasteiger partial charge is 0.507 e. The van der Waals surface area contributed by atoms with Gasteiger partial charge in [-0.3, -0.25) is 4.79 Å². The van der Waals surface area contributed by atoms with Crippen LogP contribution in [0.5, 0.6) is 5.75 Å². The van der Waals surface area contributed by atoms with Crippen LogP contribution in [-0.4, -0.2) is 18.5 Å². The van der Waals surface area contributed by atoms with Crippen LogP contribution in [0.25, 0.3) is 0 Å². The van der Waals surface area contributed by atoms with Crippen molar-refractivity contribution in [3.63, 3.8) is 0 Å².